The number of nitro benzene ring substituents is 1. The third-order valence-corrected chi connectivity index (χ3v) is 3.76. The molecule has 0 unspecified atom stereocenters. The first-order valence-corrected chi connectivity index (χ1v) is 7.76. The van der Waals surface area contributed by atoms with Gasteiger partial charge in [0.25, 0.3) is 5.69 Å². The molecule has 0 aliphatic heterocycles. The van der Waals surface area contributed by atoms with E-state index in [1.807, 2.05) is 0 Å². The van der Waals surface area contributed by atoms with Gasteiger partial charge in [-0.25, -0.2) is 4.98 Å². The van der Waals surface area contributed by atoms with E-state index >= 15 is 0 Å². The van der Waals surface area contributed by atoms with E-state index in [2.05, 4.69) is 4.98 Å². The highest BCUT2D eigenvalue weighted by atomic mass is 19.4. The van der Waals surface area contributed by atoms with E-state index in [4.69, 9.17) is 0 Å². The van der Waals surface area contributed by atoms with E-state index in [1.165, 1.54) is 0 Å². The molecule has 1 aromatic heterocycles. The number of halogens is 6. The molecule has 0 spiro atoms. The van der Waals surface area contributed by atoms with Gasteiger partial charge in [0.05, 0.1) is 16.0 Å². The second-order valence-corrected chi connectivity index (χ2v) is 5.74. The lowest BCUT2D eigenvalue weighted by Crippen LogP contribution is -2.20. The Hall–Kier alpha value is -2.66. The van der Waals surface area contributed by atoms with Crippen molar-refractivity contribution >= 4 is 22.6 Å². The molecule has 0 bridgehead atoms. The Kier molecular flexibility index (Phi) is 5.47. The maximum absolute atomic E-state index is 13.3. The van der Waals surface area contributed by atoms with E-state index in [-0.39, 0.29) is 29.5 Å². The first-order valence-electron chi connectivity index (χ1n) is 7.76. The maximum Gasteiger partial charge on any atom is 0.450 e. The van der Waals surface area contributed by atoms with Crippen LogP contribution >= 0.6 is 0 Å². The summed E-state index contributed by atoms with van der Waals surface area (Å²) in [5.74, 6) is -2.92. The van der Waals surface area contributed by atoms with Gasteiger partial charge in [0, 0.05) is 12.5 Å². The lowest BCUT2D eigenvalue weighted by Gasteiger charge is -2.11. The molecule has 27 heavy (non-hydrogen) atoms. The first-order chi connectivity index (χ1) is 12.4. The van der Waals surface area contributed by atoms with Crippen molar-refractivity contribution in [3.8, 4) is 0 Å². The van der Waals surface area contributed by atoms with Gasteiger partial charge >= 0.3 is 12.4 Å². The first kappa shape index (κ1) is 20.6. The Labute approximate surface area is 147 Å². The number of benzene rings is 1. The zero-order valence-electron chi connectivity index (χ0n) is 13.8. The van der Waals surface area contributed by atoms with Gasteiger partial charge in [-0.1, -0.05) is 19.8 Å². The van der Waals surface area contributed by atoms with Gasteiger partial charge in [-0.2, -0.15) is 26.3 Å². The van der Waals surface area contributed by atoms with E-state index in [1.54, 1.807) is 6.92 Å². The molecule has 2 aromatic rings. The number of hydrogen-bond donors (Lipinski definition) is 0. The monoisotopic (exact) mass is 397 g/mol. The van der Waals surface area contributed by atoms with Crippen LogP contribution in [-0.4, -0.2) is 20.4 Å². The summed E-state index contributed by atoms with van der Waals surface area (Å²) >= 11 is 0. The summed E-state index contributed by atoms with van der Waals surface area (Å²) in [5, 5.41) is 11.1. The molecule has 0 saturated heterocycles. The number of nitro groups is 1. The molecule has 0 radical (unpaired) electrons. The number of fused-ring (bicyclic) bond motifs is 1. The van der Waals surface area contributed by atoms with E-state index in [0.717, 1.165) is 0 Å². The largest absolute Gasteiger partial charge is 0.450 e. The van der Waals surface area contributed by atoms with Gasteiger partial charge in [0.15, 0.2) is 5.52 Å². The molecule has 0 aliphatic rings. The van der Waals surface area contributed by atoms with Gasteiger partial charge in [-0.15, -0.1) is 0 Å². The molecule has 1 heterocycles. The molecule has 0 amide bonds. The maximum atomic E-state index is 13.3. The van der Waals surface area contributed by atoms with Crippen molar-refractivity contribution < 1.29 is 36.1 Å². The van der Waals surface area contributed by atoms with E-state index in [0.29, 0.717) is 12.8 Å². The Balaban J connectivity index is 2.82. The fraction of sp³-hybridized carbons (Fsp3) is 0.467. The second-order valence-electron chi connectivity index (χ2n) is 5.74. The topological polar surface area (TPSA) is 78.0 Å². The van der Waals surface area contributed by atoms with Gasteiger partial charge in [-0.05, 0) is 12.5 Å². The minimum Gasteiger partial charge on any atom is -0.274 e. The Morgan fingerprint density at radius 2 is 1.78 bits per heavy atom. The zero-order valence-corrected chi connectivity index (χ0v) is 13.8. The van der Waals surface area contributed by atoms with Crippen LogP contribution in [0.2, 0.25) is 0 Å². The predicted octanol–water partition coefficient (Wildman–Crippen LogP) is 5.20. The van der Waals surface area contributed by atoms with Gasteiger partial charge < -0.3 is 0 Å². The molecule has 148 valence electrons. The molecule has 12 heteroatoms. The number of rotatable bonds is 5. The third kappa shape index (κ3) is 4.19. The van der Waals surface area contributed by atoms with Crippen LogP contribution in [0.3, 0.4) is 0 Å². The summed E-state index contributed by atoms with van der Waals surface area (Å²) in [7, 11) is 0. The molecular weight excluding hydrogens is 384 g/mol. The van der Waals surface area contributed by atoms with E-state index < -0.39 is 51.3 Å². The summed E-state index contributed by atoms with van der Waals surface area (Å²) in [6.07, 6.45) is -9.22. The Morgan fingerprint density at radius 3 is 2.26 bits per heavy atom. The average molecular weight is 397 g/mol. The van der Waals surface area contributed by atoms with Crippen molar-refractivity contribution in [3.63, 3.8) is 0 Å². The number of unbranched alkanes of at least 4 members (excludes halogenated alkanes) is 2. The zero-order chi connectivity index (χ0) is 20.6. The van der Waals surface area contributed by atoms with Gasteiger partial charge in [-0.3, -0.25) is 19.5 Å². The van der Waals surface area contributed by atoms with Crippen molar-refractivity contribution in [1.29, 1.82) is 0 Å². The van der Waals surface area contributed by atoms with Crippen molar-refractivity contribution in [3.05, 3.63) is 33.6 Å². The fourth-order valence-corrected chi connectivity index (χ4v) is 2.54. The number of alkyl halides is 6. The van der Waals surface area contributed by atoms with Crippen molar-refractivity contribution in [2.45, 2.75) is 45.0 Å². The molecule has 0 atom stereocenters. The van der Waals surface area contributed by atoms with Crippen LogP contribution < -0.4 is 0 Å². The van der Waals surface area contributed by atoms with Crippen LogP contribution in [0.5, 0.6) is 0 Å². The molecule has 2 rings (SSSR count). The number of imidazole rings is 1. The minimum absolute atomic E-state index is 0.00671. The quantitative estimate of drug-likeness (QED) is 0.301. The fourth-order valence-electron chi connectivity index (χ4n) is 2.54. The van der Waals surface area contributed by atoms with Gasteiger partial charge in [0.1, 0.15) is 0 Å². The minimum atomic E-state index is -5.19. The molecule has 0 saturated carbocycles. The lowest BCUT2D eigenvalue weighted by atomic mass is 10.1. The highest BCUT2D eigenvalue weighted by molar-refractivity contribution is 5.95. The lowest BCUT2D eigenvalue weighted by molar-refractivity contribution is -0.383. The smallest absolute Gasteiger partial charge is 0.274 e. The molecular formula is C15H13F6N3O3. The van der Waals surface area contributed by atoms with Crippen LogP contribution in [0, 0.1) is 10.1 Å². The van der Waals surface area contributed by atoms with Crippen LogP contribution in [0.15, 0.2) is 12.1 Å². The van der Waals surface area contributed by atoms with Crippen LogP contribution in [0.1, 0.15) is 48.8 Å². The SMILES string of the molecule is CCCCCC(=O)n1c(C(F)(F)F)nc2c([N+](=O)[O-])cc(C(F)(F)F)cc21. The Bertz CT molecular complexity index is 886. The second kappa shape index (κ2) is 7.16. The molecule has 1 aromatic carbocycles. The van der Waals surface area contributed by atoms with Gasteiger partial charge in [0.2, 0.25) is 11.7 Å². The summed E-state index contributed by atoms with van der Waals surface area (Å²) in [4.78, 5) is 25.2. The number of aromatic nitrogens is 2. The summed E-state index contributed by atoms with van der Waals surface area (Å²) in [6.45, 7) is 1.79. The summed E-state index contributed by atoms with van der Waals surface area (Å²) in [6, 6.07) is 0.365. The van der Waals surface area contributed by atoms with Crippen LogP contribution in [0.25, 0.3) is 11.0 Å². The highest BCUT2D eigenvalue weighted by Crippen LogP contribution is 2.39. The average Bonchev–Trinajstić information content (AvgIpc) is 2.92. The van der Waals surface area contributed by atoms with Crippen molar-refractivity contribution in [2.24, 2.45) is 0 Å². The molecule has 0 fully saturated rings. The predicted molar refractivity (Wildman–Crippen MR) is 81.2 cm³/mol. The van der Waals surface area contributed by atoms with Crippen molar-refractivity contribution in [2.75, 3.05) is 0 Å². The van der Waals surface area contributed by atoms with Crippen molar-refractivity contribution in [1.82, 2.24) is 9.55 Å². The molecule has 0 N–H and O–H groups in total. The standard InChI is InChI=1S/C15H13F6N3O3/c1-2-3-4-5-11(25)23-9-6-8(14(16,17)18)7-10(24(26)27)12(9)22-13(23)15(19,20)21/h6-7H,2-5H2,1H3. The summed E-state index contributed by atoms with van der Waals surface area (Å²) < 4.78 is 78.9. The Morgan fingerprint density at radius 1 is 1.15 bits per heavy atom. The third-order valence-electron chi connectivity index (χ3n) is 3.76. The summed E-state index contributed by atoms with van der Waals surface area (Å²) in [5.41, 5.74) is -4.63. The number of hydrogen-bond acceptors (Lipinski definition) is 4. The van der Waals surface area contributed by atoms with Crippen LogP contribution in [-0.2, 0) is 12.4 Å². The molecule has 6 nitrogen and oxygen atoms in total. The number of carbonyl (C=O) groups excluding carboxylic acids is 1. The van der Waals surface area contributed by atoms with E-state index in [9.17, 15) is 41.3 Å². The highest BCUT2D eigenvalue weighted by Gasteiger charge is 2.42. The number of nitrogens with zero attached hydrogens (tertiary/aromatic N) is 3. The number of carbonyl (C=O) groups is 1. The van der Waals surface area contributed by atoms with Crippen LogP contribution in [0.4, 0.5) is 32.0 Å². The number of non-ortho nitro benzene ring substituents is 1. The molecule has 0 aliphatic carbocycles. The normalized spacial score (nSPS) is 12.6.